The summed E-state index contributed by atoms with van der Waals surface area (Å²) < 4.78 is 68.0. The average Bonchev–Trinajstić information content (AvgIpc) is 2.96. The molecule has 4 aromatic rings. The number of anilines is 2. The van der Waals surface area contributed by atoms with Crippen LogP contribution in [0.25, 0.3) is 0 Å². The lowest BCUT2D eigenvalue weighted by Gasteiger charge is -2.32. The van der Waals surface area contributed by atoms with Crippen LogP contribution >= 0.6 is 0 Å². The number of benzene rings is 4. The fraction of sp³-hybridized carbons (Fsp3) is 0.133. The van der Waals surface area contributed by atoms with Crippen LogP contribution in [0.1, 0.15) is 31.8 Å². The summed E-state index contributed by atoms with van der Waals surface area (Å²) in [7, 11) is -6.57. The molecule has 0 N–H and O–H groups in total. The molecule has 0 saturated heterocycles. The Hall–Kier alpha value is -4.68. The third-order valence-electron chi connectivity index (χ3n) is 6.80. The molecule has 1 heterocycles. The van der Waals surface area contributed by atoms with Crippen molar-refractivity contribution < 1.29 is 35.9 Å². The van der Waals surface area contributed by atoms with Crippen LogP contribution in [-0.4, -0.2) is 42.9 Å². The van der Waals surface area contributed by atoms with Crippen molar-refractivity contribution >= 4 is 43.2 Å². The summed E-state index contributed by atoms with van der Waals surface area (Å²) in [4.78, 5) is 28.3. The summed E-state index contributed by atoms with van der Waals surface area (Å²) in [5.41, 5.74) is 0.137. The van der Waals surface area contributed by atoms with Gasteiger partial charge >= 0.3 is 0 Å². The van der Waals surface area contributed by atoms with Gasteiger partial charge in [0.25, 0.3) is 31.9 Å². The zero-order valence-electron chi connectivity index (χ0n) is 23.1. The van der Waals surface area contributed by atoms with Gasteiger partial charge in [0.2, 0.25) is 0 Å². The first-order valence-corrected chi connectivity index (χ1v) is 15.5. The van der Waals surface area contributed by atoms with Gasteiger partial charge in [-0.2, -0.15) is 8.61 Å². The third-order valence-corrected chi connectivity index (χ3v) is 10.2. The summed E-state index contributed by atoms with van der Waals surface area (Å²) in [6, 6.07) is 19.3. The normalized spacial score (nSPS) is 13.6. The van der Waals surface area contributed by atoms with Crippen LogP contribution in [0.15, 0.2) is 94.7 Å². The number of carbonyl (C=O) groups is 2. The van der Waals surface area contributed by atoms with Crippen LogP contribution in [0.3, 0.4) is 0 Å². The zero-order valence-corrected chi connectivity index (χ0v) is 24.7. The summed E-state index contributed by atoms with van der Waals surface area (Å²) in [5, 5.41) is 0. The Morgan fingerprint density at radius 1 is 0.524 bits per heavy atom. The summed E-state index contributed by atoms with van der Waals surface area (Å²) >= 11 is 0. The second-order valence-corrected chi connectivity index (χ2v) is 13.1. The van der Waals surface area contributed by atoms with Gasteiger partial charge in [-0.25, -0.2) is 16.8 Å². The topological polar surface area (TPSA) is 127 Å². The summed E-state index contributed by atoms with van der Waals surface area (Å²) in [5.74, 6) is -1.89. The third kappa shape index (κ3) is 4.78. The molecule has 4 aromatic carbocycles. The Bertz CT molecular complexity index is 1790. The van der Waals surface area contributed by atoms with Crippen LogP contribution in [-0.2, 0) is 20.0 Å². The van der Waals surface area contributed by atoms with Gasteiger partial charge in [-0.15, -0.1) is 0 Å². The Balaban J connectivity index is 1.86. The smallest absolute Gasteiger partial charge is 0.274 e. The molecule has 10 nitrogen and oxygen atoms in total. The lowest BCUT2D eigenvalue weighted by molar-refractivity contribution is 0.0996. The molecular weight excluding hydrogens is 580 g/mol. The van der Waals surface area contributed by atoms with Crippen molar-refractivity contribution in [2.24, 2.45) is 0 Å². The maximum atomic E-state index is 14.3. The molecule has 0 atom stereocenters. The molecule has 0 radical (unpaired) electrons. The Kier molecular flexibility index (Phi) is 7.29. The van der Waals surface area contributed by atoms with Gasteiger partial charge in [0.05, 0.1) is 46.5 Å². The fourth-order valence-electron chi connectivity index (χ4n) is 4.52. The first kappa shape index (κ1) is 28.8. The van der Waals surface area contributed by atoms with Crippen LogP contribution in [0.2, 0.25) is 0 Å². The molecule has 1 aliphatic heterocycles. The number of sulfonamides is 2. The predicted molar refractivity (Wildman–Crippen MR) is 156 cm³/mol. The Morgan fingerprint density at radius 3 is 1.17 bits per heavy atom. The number of methoxy groups -OCH3 is 2. The summed E-state index contributed by atoms with van der Waals surface area (Å²) in [6.07, 6.45) is 0. The lowest BCUT2D eigenvalue weighted by atomic mass is 10.1. The standard InChI is InChI=1S/C30H26N2O8S2/c1-19-5-11-23(12-6-19)41(35,36)31-27-17-21(39-3)9-15-25(27)30(34)32(42(37,38)24-13-7-20(2)8-14-24)28-18-22(40-4)10-16-26(28)29(31)33/h5-18H,1-4H3. The molecule has 2 amide bonds. The van der Waals surface area contributed by atoms with Gasteiger partial charge in [-0.3, -0.25) is 9.59 Å². The van der Waals surface area contributed by atoms with Crippen molar-refractivity contribution in [3.8, 4) is 11.5 Å². The number of nitrogens with zero attached hydrogens (tertiary/aromatic N) is 2. The van der Waals surface area contributed by atoms with Gasteiger partial charge in [0, 0.05) is 12.1 Å². The number of rotatable bonds is 6. The molecular formula is C30H26N2O8S2. The molecule has 0 aromatic heterocycles. The molecule has 42 heavy (non-hydrogen) atoms. The van der Waals surface area contributed by atoms with Gasteiger partial charge in [0.15, 0.2) is 0 Å². The largest absolute Gasteiger partial charge is 0.497 e. The quantitative estimate of drug-likeness (QED) is 0.309. The van der Waals surface area contributed by atoms with E-state index in [0.717, 1.165) is 11.1 Å². The van der Waals surface area contributed by atoms with Gasteiger partial charge in [-0.1, -0.05) is 35.4 Å². The highest BCUT2D eigenvalue weighted by Crippen LogP contribution is 2.41. The highest BCUT2D eigenvalue weighted by Gasteiger charge is 2.43. The number of amides is 2. The second-order valence-electron chi connectivity index (χ2n) is 9.54. The van der Waals surface area contributed by atoms with E-state index in [4.69, 9.17) is 9.47 Å². The number of ether oxygens (including phenoxy) is 2. The first-order valence-electron chi connectivity index (χ1n) is 12.6. The minimum absolute atomic E-state index is 0.141. The van der Waals surface area contributed by atoms with Crippen molar-refractivity contribution in [1.29, 1.82) is 0 Å². The maximum absolute atomic E-state index is 14.3. The predicted octanol–water partition coefficient (Wildman–Crippen LogP) is 4.71. The molecule has 1 aliphatic rings. The number of hydrogen-bond donors (Lipinski definition) is 0. The van der Waals surface area contributed by atoms with E-state index in [9.17, 15) is 26.4 Å². The molecule has 12 heteroatoms. The summed E-state index contributed by atoms with van der Waals surface area (Å²) in [6.45, 7) is 3.56. The van der Waals surface area contributed by atoms with Crippen molar-refractivity contribution in [1.82, 2.24) is 0 Å². The molecule has 5 rings (SSSR count). The Labute approximate surface area is 243 Å². The van der Waals surface area contributed by atoms with Crippen molar-refractivity contribution in [2.45, 2.75) is 23.6 Å². The fourth-order valence-corrected chi connectivity index (χ4v) is 7.36. The van der Waals surface area contributed by atoms with Crippen molar-refractivity contribution in [3.63, 3.8) is 0 Å². The molecule has 0 aliphatic carbocycles. The van der Waals surface area contributed by atoms with E-state index < -0.39 is 31.9 Å². The first-order chi connectivity index (χ1) is 19.9. The molecule has 216 valence electrons. The molecule has 0 bridgehead atoms. The molecule has 0 unspecified atom stereocenters. The highest BCUT2D eigenvalue weighted by molar-refractivity contribution is 7.94. The second kappa shape index (κ2) is 10.6. The minimum atomic E-state index is -4.62. The van der Waals surface area contributed by atoms with Gasteiger partial charge < -0.3 is 9.47 Å². The molecule has 0 spiro atoms. The number of fused-ring (bicyclic) bond motifs is 2. The van der Waals surface area contributed by atoms with Gasteiger partial charge in [0.1, 0.15) is 11.5 Å². The van der Waals surface area contributed by atoms with Crippen LogP contribution in [0.4, 0.5) is 11.4 Å². The molecule has 0 saturated carbocycles. The van der Waals surface area contributed by atoms with E-state index in [1.54, 1.807) is 38.1 Å². The van der Waals surface area contributed by atoms with Crippen molar-refractivity contribution in [3.05, 3.63) is 107 Å². The van der Waals surface area contributed by atoms with E-state index >= 15 is 0 Å². The number of carbonyl (C=O) groups excluding carboxylic acids is 2. The van der Waals surface area contributed by atoms with Crippen molar-refractivity contribution in [2.75, 3.05) is 22.8 Å². The van der Waals surface area contributed by atoms with E-state index in [2.05, 4.69) is 0 Å². The van der Waals surface area contributed by atoms with Crippen LogP contribution < -0.4 is 18.1 Å². The minimum Gasteiger partial charge on any atom is -0.497 e. The highest BCUT2D eigenvalue weighted by atomic mass is 32.2. The van der Waals surface area contributed by atoms with Gasteiger partial charge in [-0.05, 0) is 62.4 Å². The van der Waals surface area contributed by atoms with Crippen LogP contribution in [0.5, 0.6) is 11.5 Å². The van der Waals surface area contributed by atoms with E-state index in [-0.39, 0.29) is 43.8 Å². The maximum Gasteiger partial charge on any atom is 0.274 e. The average molecular weight is 607 g/mol. The number of hydrogen-bond acceptors (Lipinski definition) is 8. The van der Waals surface area contributed by atoms with E-state index in [0.29, 0.717) is 8.61 Å². The SMILES string of the molecule is COc1ccc2c(c1)N(S(=O)(=O)c1ccc(C)cc1)C(=O)c1ccc(OC)cc1N(S(=O)(=O)c1ccc(C)cc1)C2=O. The monoisotopic (exact) mass is 606 g/mol. The van der Waals surface area contributed by atoms with E-state index in [1.807, 2.05) is 0 Å². The number of aryl methyl sites for hydroxylation is 2. The zero-order chi connectivity index (χ0) is 30.4. The molecule has 0 fully saturated rings. The van der Waals surface area contributed by atoms with E-state index in [1.165, 1.54) is 74.9 Å². The van der Waals surface area contributed by atoms with Crippen LogP contribution in [0, 0.1) is 13.8 Å². The Morgan fingerprint density at radius 2 is 0.857 bits per heavy atom. The lowest BCUT2D eigenvalue weighted by Crippen LogP contribution is -2.45.